The molecule has 0 amide bonds. The molecule has 0 saturated carbocycles. The molecule has 0 aromatic carbocycles. The van der Waals surface area contributed by atoms with Crippen LogP contribution in [0.4, 0.5) is 0 Å². The molecule has 1 atom stereocenters. The first kappa shape index (κ1) is 9.61. The van der Waals surface area contributed by atoms with Gasteiger partial charge in [0.15, 0.2) is 3.54 Å². The maximum absolute atomic E-state index is 4.44. The van der Waals surface area contributed by atoms with E-state index in [0.29, 0.717) is 0 Å². The Bertz CT molecular complexity index is 141. The van der Waals surface area contributed by atoms with Gasteiger partial charge in [-0.25, -0.2) is 0 Å². The highest BCUT2D eigenvalue weighted by Crippen LogP contribution is 2.39. The SMILES string of the molecule is CCCCSC1(S)NN=CS1. The minimum atomic E-state index is -0.199. The normalized spacial score (nSPS) is 28.9. The Labute approximate surface area is 81.4 Å². The number of hydrogen-bond donors (Lipinski definition) is 2. The fraction of sp³-hybridized carbons (Fsp3) is 0.833. The average molecular weight is 208 g/mol. The minimum Gasteiger partial charge on any atom is -0.274 e. The van der Waals surface area contributed by atoms with Gasteiger partial charge in [-0.1, -0.05) is 25.1 Å². The van der Waals surface area contributed by atoms with Gasteiger partial charge in [-0.3, -0.25) is 5.43 Å². The highest BCUT2D eigenvalue weighted by atomic mass is 32.3. The molecule has 5 heteroatoms. The summed E-state index contributed by atoms with van der Waals surface area (Å²) < 4.78 is -0.199. The van der Waals surface area contributed by atoms with Crippen LogP contribution in [-0.2, 0) is 0 Å². The molecular weight excluding hydrogens is 196 g/mol. The lowest BCUT2D eigenvalue weighted by atomic mass is 10.4. The number of thiol groups is 1. The number of thioether (sulfide) groups is 2. The van der Waals surface area contributed by atoms with E-state index in [1.165, 1.54) is 12.8 Å². The maximum atomic E-state index is 4.44. The second-order valence-corrected chi connectivity index (χ2v) is 6.15. The lowest BCUT2D eigenvalue weighted by molar-refractivity contribution is 0.820. The molecule has 64 valence electrons. The van der Waals surface area contributed by atoms with Crippen molar-refractivity contribution in [1.82, 2.24) is 5.43 Å². The van der Waals surface area contributed by atoms with Gasteiger partial charge in [0.1, 0.15) is 0 Å². The minimum absolute atomic E-state index is 0.199. The van der Waals surface area contributed by atoms with Gasteiger partial charge in [-0.05, 0) is 12.2 Å². The monoisotopic (exact) mass is 208 g/mol. The molecule has 2 nitrogen and oxygen atoms in total. The maximum Gasteiger partial charge on any atom is 0.196 e. The highest BCUT2D eigenvalue weighted by molar-refractivity contribution is 8.34. The third-order valence-electron chi connectivity index (χ3n) is 1.27. The zero-order valence-corrected chi connectivity index (χ0v) is 8.94. The van der Waals surface area contributed by atoms with Gasteiger partial charge < -0.3 is 0 Å². The number of nitrogens with zero attached hydrogens (tertiary/aromatic N) is 1. The average Bonchev–Trinajstić information content (AvgIpc) is 2.38. The number of unbranched alkanes of at least 4 members (excludes halogenated alkanes) is 1. The van der Waals surface area contributed by atoms with Gasteiger partial charge in [-0.2, -0.15) is 5.10 Å². The third kappa shape index (κ3) is 3.17. The predicted octanol–water partition coefficient (Wildman–Crippen LogP) is 2.34. The van der Waals surface area contributed by atoms with Crippen molar-refractivity contribution >= 4 is 41.7 Å². The molecular formula is C6H12N2S3. The Morgan fingerprint density at radius 3 is 3.18 bits per heavy atom. The molecule has 1 N–H and O–H groups in total. The van der Waals surface area contributed by atoms with Crippen LogP contribution >= 0.6 is 36.2 Å². The van der Waals surface area contributed by atoms with Crippen molar-refractivity contribution in [3.05, 3.63) is 0 Å². The fourth-order valence-corrected chi connectivity index (χ4v) is 2.96. The van der Waals surface area contributed by atoms with Crippen molar-refractivity contribution in [2.24, 2.45) is 5.10 Å². The van der Waals surface area contributed by atoms with Crippen LogP contribution in [-0.4, -0.2) is 14.8 Å². The zero-order chi connectivity index (χ0) is 8.16. The summed E-state index contributed by atoms with van der Waals surface area (Å²) in [5.41, 5.74) is 4.75. The summed E-state index contributed by atoms with van der Waals surface area (Å²) >= 11 is 7.87. The largest absolute Gasteiger partial charge is 0.274 e. The summed E-state index contributed by atoms with van der Waals surface area (Å²) in [5, 5.41) is 3.91. The Morgan fingerprint density at radius 2 is 2.64 bits per heavy atom. The van der Waals surface area contributed by atoms with Crippen LogP contribution in [0.1, 0.15) is 19.8 Å². The van der Waals surface area contributed by atoms with Crippen molar-refractivity contribution in [1.29, 1.82) is 0 Å². The van der Waals surface area contributed by atoms with E-state index < -0.39 is 0 Å². The van der Waals surface area contributed by atoms with E-state index in [4.69, 9.17) is 0 Å². The summed E-state index contributed by atoms with van der Waals surface area (Å²) in [5.74, 6) is 1.14. The first-order valence-corrected chi connectivity index (χ1v) is 5.91. The van der Waals surface area contributed by atoms with E-state index in [9.17, 15) is 0 Å². The van der Waals surface area contributed by atoms with E-state index in [0.717, 1.165) is 5.75 Å². The van der Waals surface area contributed by atoms with Crippen LogP contribution in [0.3, 0.4) is 0 Å². The summed E-state index contributed by atoms with van der Waals surface area (Å²) in [4.78, 5) is 0. The molecule has 0 spiro atoms. The number of nitrogens with one attached hydrogen (secondary N) is 1. The molecule has 1 aliphatic heterocycles. The van der Waals surface area contributed by atoms with Gasteiger partial charge >= 0.3 is 0 Å². The first-order chi connectivity index (χ1) is 5.27. The van der Waals surface area contributed by atoms with Crippen LogP contribution in [0, 0.1) is 0 Å². The van der Waals surface area contributed by atoms with Crippen LogP contribution < -0.4 is 5.43 Å². The predicted molar refractivity (Wildman–Crippen MR) is 58.3 cm³/mol. The van der Waals surface area contributed by atoms with Crippen molar-refractivity contribution in [2.75, 3.05) is 5.75 Å². The molecule has 1 rings (SSSR count). The molecule has 1 unspecified atom stereocenters. The van der Waals surface area contributed by atoms with Crippen molar-refractivity contribution in [3.63, 3.8) is 0 Å². The lowest BCUT2D eigenvalue weighted by Crippen LogP contribution is -2.24. The van der Waals surface area contributed by atoms with Gasteiger partial charge in [0.05, 0.1) is 5.55 Å². The zero-order valence-electron chi connectivity index (χ0n) is 6.41. The molecule has 0 radical (unpaired) electrons. The second kappa shape index (κ2) is 4.52. The Balaban J connectivity index is 2.14. The molecule has 1 aliphatic rings. The molecule has 0 aromatic heterocycles. The lowest BCUT2D eigenvalue weighted by Gasteiger charge is -2.19. The van der Waals surface area contributed by atoms with Crippen LogP contribution in [0.25, 0.3) is 0 Å². The molecule has 11 heavy (non-hydrogen) atoms. The van der Waals surface area contributed by atoms with E-state index >= 15 is 0 Å². The molecule has 0 bridgehead atoms. The standard InChI is InChI=1S/C6H12N2S3/c1-2-3-4-10-6(9)8-7-5-11-6/h5,8-9H,2-4H2,1H3. The Morgan fingerprint density at radius 1 is 1.82 bits per heavy atom. The van der Waals surface area contributed by atoms with Crippen molar-refractivity contribution < 1.29 is 0 Å². The van der Waals surface area contributed by atoms with Crippen LogP contribution in [0.5, 0.6) is 0 Å². The summed E-state index contributed by atoms with van der Waals surface area (Å²) in [6.07, 6.45) is 2.48. The van der Waals surface area contributed by atoms with Gasteiger partial charge in [0.25, 0.3) is 0 Å². The van der Waals surface area contributed by atoms with Gasteiger partial charge in [-0.15, -0.1) is 24.4 Å². The topological polar surface area (TPSA) is 24.4 Å². The number of hydrogen-bond acceptors (Lipinski definition) is 5. The van der Waals surface area contributed by atoms with Crippen molar-refractivity contribution in [3.8, 4) is 0 Å². The number of rotatable bonds is 4. The van der Waals surface area contributed by atoms with E-state index in [1.807, 2.05) is 0 Å². The second-order valence-electron chi connectivity index (χ2n) is 2.25. The highest BCUT2D eigenvalue weighted by Gasteiger charge is 2.28. The van der Waals surface area contributed by atoms with Crippen LogP contribution in [0.15, 0.2) is 5.10 Å². The smallest absolute Gasteiger partial charge is 0.196 e. The fourth-order valence-electron chi connectivity index (χ4n) is 0.653. The Kier molecular flexibility index (Phi) is 3.95. The molecule has 1 heterocycles. The summed E-state index contributed by atoms with van der Waals surface area (Å²) in [7, 11) is 0. The van der Waals surface area contributed by atoms with Gasteiger partial charge in [0.2, 0.25) is 0 Å². The quantitative estimate of drug-likeness (QED) is 0.421. The van der Waals surface area contributed by atoms with Crippen molar-refractivity contribution in [2.45, 2.75) is 23.3 Å². The van der Waals surface area contributed by atoms with Gasteiger partial charge in [0, 0.05) is 0 Å². The molecule has 0 aromatic rings. The summed E-state index contributed by atoms with van der Waals surface area (Å²) in [6, 6.07) is 0. The molecule has 0 aliphatic carbocycles. The first-order valence-electron chi connectivity index (χ1n) is 3.60. The van der Waals surface area contributed by atoms with Crippen LogP contribution in [0.2, 0.25) is 0 Å². The summed E-state index contributed by atoms with van der Waals surface area (Å²) in [6.45, 7) is 2.19. The van der Waals surface area contributed by atoms with E-state index in [1.54, 1.807) is 29.1 Å². The number of hydrazone groups is 1. The molecule has 0 fully saturated rings. The third-order valence-corrected chi connectivity index (χ3v) is 4.31. The molecule has 0 saturated heterocycles. The van der Waals surface area contributed by atoms with E-state index in [2.05, 4.69) is 30.1 Å². The van der Waals surface area contributed by atoms with E-state index in [-0.39, 0.29) is 3.54 Å². The Hall–Kier alpha value is 0.520.